The van der Waals surface area contributed by atoms with E-state index in [4.69, 9.17) is 9.63 Å². The number of piperidine rings is 1. The number of hydrogen-bond donors (Lipinski definition) is 2. The maximum Gasteiger partial charge on any atom is 0.306 e. The van der Waals surface area contributed by atoms with Crippen molar-refractivity contribution in [2.45, 2.75) is 39.0 Å². The fourth-order valence-corrected chi connectivity index (χ4v) is 3.14. The van der Waals surface area contributed by atoms with E-state index in [0.717, 1.165) is 0 Å². The van der Waals surface area contributed by atoms with Crippen molar-refractivity contribution in [3.63, 3.8) is 0 Å². The molecule has 0 saturated carbocycles. The highest BCUT2D eigenvalue weighted by atomic mass is 16.5. The largest absolute Gasteiger partial charge is 0.481 e. The minimum Gasteiger partial charge on any atom is -0.481 e. The molecule has 2 amide bonds. The molecule has 1 aromatic heterocycles. The molecule has 0 bridgehead atoms. The predicted molar refractivity (Wildman–Crippen MR) is 106 cm³/mol. The van der Waals surface area contributed by atoms with Gasteiger partial charge in [0.05, 0.1) is 5.92 Å². The molecule has 154 valence electrons. The van der Waals surface area contributed by atoms with Gasteiger partial charge in [-0.05, 0) is 37.1 Å². The van der Waals surface area contributed by atoms with Crippen molar-refractivity contribution < 1.29 is 24.0 Å². The van der Waals surface area contributed by atoms with E-state index < -0.39 is 5.97 Å². The molecule has 0 aliphatic carbocycles. The van der Waals surface area contributed by atoms with Crippen LogP contribution in [0.3, 0.4) is 0 Å². The highest BCUT2D eigenvalue weighted by Gasteiger charge is 2.27. The number of carbonyl (C=O) groups is 3. The van der Waals surface area contributed by atoms with Crippen molar-refractivity contribution in [2.75, 3.05) is 18.4 Å². The molecule has 0 atom stereocenters. The van der Waals surface area contributed by atoms with Gasteiger partial charge in [0, 0.05) is 35.8 Å². The van der Waals surface area contributed by atoms with E-state index in [0.29, 0.717) is 42.9 Å². The second-order valence-corrected chi connectivity index (χ2v) is 8.26. The van der Waals surface area contributed by atoms with Crippen LogP contribution in [0.2, 0.25) is 0 Å². The molecule has 0 spiro atoms. The molecular formula is C21H25N3O5. The van der Waals surface area contributed by atoms with Crippen molar-refractivity contribution in [2.24, 2.45) is 5.92 Å². The standard InChI is InChI=1S/C21H25N3O5/c1-21(2,3)17-12-16(23-29-17)18(25)22-15-6-4-13(5-7-15)19(26)24-10-8-14(9-11-24)20(27)28/h4-7,12,14H,8-11H2,1-3H3,(H,22,25)(H,27,28). The zero-order valence-corrected chi connectivity index (χ0v) is 16.8. The summed E-state index contributed by atoms with van der Waals surface area (Å²) in [4.78, 5) is 37.6. The molecular weight excluding hydrogens is 374 g/mol. The van der Waals surface area contributed by atoms with Gasteiger partial charge in [0.15, 0.2) is 5.69 Å². The second kappa shape index (κ2) is 8.06. The fourth-order valence-electron chi connectivity index (χ4n) is 3.14. The third-order valence-corrected chi connectivity index (χ3v) is 5.00. The summed E-state index contributed by atoms with van der Waals surface area (Å²) in [7, 11) is 0. The van der Waals surface area contributed by atoms with Crippen molar-refractivity contribution in [3.05, 3.63) is 47.3 Å². The van der Waals surface area contributed by atoms with E-state index in [-0.39, 0.29) is 28.8 Å². The maximum atomic E-state index is 12.6. The predicted octanol–water partition coefficient (Wildman–Crippen LogP) is 3.16. The van der Waals surface area contributed by atoms with E-state index >= 15 is 0 Å². The molecule has 1 aromatic carbocycles. The van der Waals surface area contributed by atoms with Crippen molar-refractivity contribution in [3.8, 4) is 0 Å². The topological polar surface area (TPSA) is 113 Å². The van der Waals surface area contributed by atoms with Crippen LogP contribution in [0.25, 0.3) is 0 Å². The Morgan fingerprint density at radius 2 is 1.76 bits per heavy atom. The van der Waals surface area contributed by atoms with Gasteiger partial charge in [-0.1, -0.05) is 25.9 Å². The number of aliphatic carboxylic acids is 1. The smallest absolute Gasteiger partial charge is 0.306 e. The number of carboxylic acids is 1. The van der Waals surface area contributed by atoms with Gasteiger partial charge in [0.25, 0.3) is 11.8 Å². The Kier molecular flexibility index (Phi) is 5.72. The van der Waals surface area contributed by atoms with E-state index in [1.165, 1.54) is 0 Å². The molecule has 1 aliphatic rings. The average molecular weight is 399 g/mol. The monoisotopic (exact) mass is 399 g/mol. The number of carbonyl (C=O) groups excluding carboxylic acids is 2. The maximum absolute atomic E-state index is 12.6. The van der Waals surface area contributed by atoms with Crippen LogP contribution >= 0.6 is 0 Å². The Hall–Kier alpha value is -3.16. The molecule has 2 heterocycles. The minimum absolute atomic E-state index is 0.141. The molecule has 3 rings (SSSR count). The molecule has 8 heteroatoms. The van der Waals surface area contributed by atoms with Crippen LogP contribution in [0.4, 0.5) is 5.69 Å². The Balaban J connectivity index is 1.60. The van der Waals surface area contributed by atoms with Gasteiger partial charge in [-0.15, -0.1) is 0 Å². The van der Waals surface area contributed by atoms with Crippen LogP contribution in [0.15, 0.2) is 34.9 Å². The number of benzene rings is 1. The number of nitrogens with one attached hydrogen (secondary N) is 1. The van der Waals surface area contributed by atoms with Crippen LogP contribution in [0, 0.1) is 5.92 Å². The summed E-state index contributed by atoms with van der Waals surface area (Å²) in [5.41, 5.74) is 0.980. The van der Waals surface area contributed by atoms with Gasteiger partial charge >= 0.3 is 5.97 Å². The summed E-state index contributed by atoms with van der Waals surface area (Å²) in [5.74, 6) is -1.10. The first-order valence-electron chi connectivity index (χ1n) is 9.56. The first kappa shape index (κ1) is 20.6. The zero-order valence-electron chi connectivity index (χ0n) is 16.8. The Morgan fingerprint density at radius 1 is 1.14 bits per heavy atom. The summed E-state index contributed by atoms with van der Waals surface area (Å²) in [6.07, 6.45) is 0.924. The van der Waals surface area contributed by atoms with E-state index in [1.807, 2.05) is 20.8 Å². The SMILES string of the molecule is CC(C)(C)c1cc(C(=O)Nc2ccc(C(=O)N3CCC(C(=O)O)CC3)cc2)no1. The number of amides is 2. The molecule has 1 fully saturated rings. The van der Waals surface area contributed by atoms with Crippen LogP contribution in [0.1, 0.15) is 60.2 Å². The van der Waals surface area contributed by atoms with E-state index in [2.05, 4.69) is 10.5 Å². The van der Waals surface area contributed by atoms with Crippen molar-refractivity contribution in [1.82, 2.24) is 10.1 Å². The lowest BCUT2D eigenvalue weighted by molar-refractivity contribution is -0.143. The lowest BCUT2D eigenvalue weighted by Gasteiger charge is -2.30. The Morgan fingerprint density at radius 3 is 2.28 bits per heavy atom. The number of carboxylic acid groups (broad SMARTS) is 1. The highest BCUT2D eigenvalue weighted by Crippen LogP contribution is 2.23. The number of hydrogen-bond acceptors (Lipinski definition) is 5. The zero-order chi connectivity index (χ0) is 21.2. The van der Waals surface area contributed by atoms with Crippen molar-refractivity contribution in [1.29, 1.82) is 0 Å². The quantitative estimate of drug-likeness (QED) is 0.817. The summed E-state index contributed by atoms with van der Waals surface area (Å²) in [6, 6.07) is 8.21. The molecule has 29 heavy (non-hydrogen) atoms. The normalized spacial score (nSPS) is 15.2. The van der Waals surface area contributed by atoms with Gasteiger partial charge in [-0.3, -0.25) is 14.4 Å². The lowest BCUT2D eigenvalue weighted by Crippen LogP contribution is -2.40. The van der Waals surface area contributed by atoms with Gasteiger partial charge in [0.1, 0.15) is 5.76 Å². The minimum atomic E-state index is -0.807. The first-order valence-corrected chi connectivity index (χ1v) is 9.56. The van der Waals surface area contributed by atoms with Gasteiger partial charge in [-0.25, -0.2) is 0 Å². The molecule has 1 aliphatic heterocycles. The number of aromatic nitrogens is 1. The fraction of sp³-hybridized carbons (Fsp3) is 0.429. The number of anilines is 1. The van der Waals surface area contributed by atoms with Crippen LogP contribution in [-0.4, -0.2) is 46.0 Å². The highest BCUT2D eigenvalue weighted by molar-refractivity contribution is 6.03. The van der Waals surface area contributed by atoms with Gasteiger partial charge in [0.2, 0.25) is 0 Å². The first-order chi connectivity index (χ1) is 13.6. The third kappa shape index (κ3) is 4.82. The van der Waals surface area contributed by atoms with Crippen molar-refractivity contribution >= 4 is 23.5 Å². The molecule has 8 nitrogen and oxygen atoms in total. The lowest BCUT2D eigenvalue weighted by atomic mass is 9.93. The van der Waals surface area contributed by atoms with Crippen LogP contribution in [0.5, 0.6) is 0 Å². The van der Waals surface area contributed by atoms with Gasteiger partial charge in [-0.2, -0.15) is 0 Å². The second-order valence-electron chi connectivity index (χ2n) is 8.26. The van der Waals surface area contributed by atoms with E-state index in [9.17, 15) is 14.4 Å². The molecule has 2 N–H and O–H groups in total. The number of nitrogens with zero attached hydrogens (tertiary/aromatic N) is 2. The Labute approximate surface area is 168 Å². The molecule has 2 aromatic rings. The Bertz CT molecular complexity index is 903. The summed E-state index contributed by atoms with van der Waals surface area (Å²) in [6.45, 7) is 6.76. The van der Waals surface area contributed by atoms with E-state index in [1.54, 1.807) is 35.2 Å². The molecule has 0 radical (unpaired) electrons. The summed E-state index contributed by atoms with van der Waals surface area (Å²) < 4.78 is 5.23. The molecule has 0 unspecified atom stereocenters. The third-order valence-electron chi connectivity index (χ3n) is 5.00. The van der Waals surface area contributed by atoms with Crippen LogP contribution in [-0.2, 0) is 10.2 Å². The number of rotatable bonds is 4. The molecule has 1 saturated heterocycles. The average Bonchev–Trinajstić information content (AvgIpc) is 3.19. The van der Waals surface area contributed by atoms with Crippen LogP contribution < -0.4 is 5.32 Å². The van der Waals surface area contributed by atoms with Gasteiger partial charge < -0.3 is 19.8 Å². The number of likely N-dealkylation sites (tertiary alicyclic amines) is 1. The summed E-state index contributed by atoms with van der Waals surface area (Å²) >= 11 is 0. The summed E-state index contributed by atoms with van der Waals surface area (Å²) in [5, 5.41) is 15.6.